The zero-order valence-corrected chi connectivity index (χ0v) is 14.7. The molecule has 0 aromatic heterocycles. The van der Waals surface area contributed by atoms with E-state index in [0.717, 1.165) is 25.2 Å². The van der Waals surface area contributed by atoms with E-state index < -0.39 is 4.92 Å². The molecule has 1 aliphatic heterocycles. The van der Waals surface area contributed by atoms with Gasteiger partial charge in [-0.3, -0.25) is 19.8 Å². The SMILES string of the molecule is O=C(NCc1ccccc1CN1CCCCC1)c1cccc([N+](=O)[O-])c1. The summed E-state index contributed by atoms with van der Waals surface area (Å²) in [7, 11) is 0. The molecule has 0 unspecified atom stereocenters. The fourth-order valence-corrected chi connectivity index (χ4v) is 3.28. The van der Waals surface area contributed by atoms with Crippen molar-refractivity contribution in [3.8, 4) is 0 Å². The van der Waals surface area contributed by atoms with Crippen LogP contribution < -0.4 is 5.32 Å². The van der Waals surface area contributed by atoms with Crippen LogP contribution in [0.15, 0.2) is 48.5 Å². The van der Waals surface area contributed by atoms with Gasteiger partial charge in [-0.05, 0) is 43.1 Å². The van der Waals surface area contributed by atoms with Gasteiger partial charge in [0.25, 0.3) is 11.6 Å². The monoisotopic (exact) mass is 353 g/mol. The summed E-state index contributed by atoms with van der Waals surface area (Å²) in [6, 6.07) is 13.9. The molecule has 1 fully saturated rings. The molecule has 1 N–H and O–H groups in total. The highest BCUT2D eigenvalue weighted by Gasteiger charge is 2.14. The van der Waals surface area contributed by atoms with Crippen molar-refractivity contribution in [3.63, 3.8) is 0 Å². The lowest BCUT2D eigenvalue weighted by Gasteiger charge is -2.27. The molecular weight excluding hydrogens is 330 g/mol. The van der Waals surface area contributed by atoms with Crippen molar-refractivity contribution >= 4 is 11.6 Å². The Bertz CT molecular complexity index is 785. The van der Waals surface area contributed by atoms with E-state index in [1.54, 1.807) is 6.07 Å². The van der Waals surface area contributed by atoms with E-state index in [2.05, 4.69) is 16.3 Å². The van der Waals surface area contributed by atoms with E-state index in [-0.39, 0.29) is 11.6 Å². The largest absolute Gasteiger partial charge is 0.348 e. The van der Waals surface area contributed by atoms with Gasteiger partial charge in [0.15, 0.2) is 0 Å². The Morgan fingerprint density at radius 2 is 1.77 bits per heavy atom. The molecule has 2 aromatic rings. The van der Waals surface area contributed by atoms with E-state index in [1.165, 1.54) is 43.0 Å². The maximum Gasteiger partial charge on any atom is 0.270 e. The highest BCUT2D eigenvalue weighted by molar-refractivity contribution is 5.94. The molecule has 0 bridgehead atoms. The van der Waals surface area contributed by atoms with Crippen LogP contribution in [0.4, 0.5) is 5.69 Å². The Balaban J connectivity index is 1.65. The number of nitro groups is 1. The lowest BCUT2D eigenvalue weighted by molar-refractivity contribution is -0.384. The molecule has 26 heavy (non-hydrogen) atoms. The standard InChI is InChI=1S/C20H23N3O3/c24-20(16-9-6-10-19(13-16)23(25)26)21-14-17-7-2-3-8-18(17)15-22-11-4-1-5-12-22/h2-3,6-10,13H,1,4-5,11-12,14-15H2,(H,21,24). The fourth-order valence-electron chi connectivity index (χ4n) is 3.28. The fraction of sp³-hybridized carbons (Fsp3) is 0.350. The third-order valence-corrected chi connectivity index (χ3v) is 4.72. The van der Waals surface area contributed by atoms with E-state index in [4.69, 9.17) is 0 Å². The highest BCUT2D eigenvalue weighted by atomic mass is 16.6. The molecule has 0 spiro atoms. The van der Waals surface area contributed by atoms with Crippen LogP contribution in [0.25, 0.3) is 0 Å². The molecule has 0 radical (unpaired) electrons. The van der Waals surface area contributed by atoms with Gasteiger partial charge in [-0.1, -0.05) is 36.8 Å². The van der Waals surface area contributed by atoms with Crippen LogP contribution in [0.5, 0.6) is 0 Å². The first-order valence-corrected chi connectivity index (χ1v) is 8.95. The minimum atomic E-state index is -0.495. The maximum absolute atomic E-state index is 12.3. The van der Waals surface area contributed by atoms with Crippen molar-refractivity contribution in [2.45, 2.75) is 32.4 Å². The zero-order valence-electron chi connectivity index (χ0n) is 14.7. The Morgan fingerprint density at radius 3 is 2.50 bits per heavy atom. The number of amides is 1. The number of likely N-dealkylation sites (tertiary alicyclic amines) is 1. The van der Waals surface area contributed by atoms with Crippen LogP contribution in [0.1, 0.15) is 40.7 Å². The van der Waals surface area contributed by atoms with Gasteiger partial charge in [-0.25, -0.2) is 0 Å². The first-order valence-electron chi connectivity index (χ1n) is 8.95. The molecule has 1 amide bonds. The minimum Gasteiger partial charge on any atom is -0.348 e. The first-order chi connectivity index (χ1) is 12.6. The highest BCUT2D eigenvalue weighted by Crippen LogP contribution is 2.17. The van der Waals surface area contributed by atoms with Gasteiger partial charge >= 0.3 is 0 Å². The number of nitrogens with zero attached hydrogens (tertiary/aromatic N) is 2. The number of carbonyl (C=O) groups excluding carboxylic acids is 1. The predicted octanol–water partition coefficient (Wildman–Crippen LogP) is 3.51. The van der Waals surface area contributed by atoms with Crippen LogP contribution in [0.2, 0.25) is 0 Å². The van der Waals surface area contributed by atoms with Gasteiger partial charge in [0.1, 0.15) is 0 Å². The van der Waals surface area contributed by atoms with Crippen molar-refractivity contribution in [2.24, 2.45) is 0 Å². The number of carbonyl (C=O) groups is 1. The summed E-state index contributed by atoms with van der Waals surface area (Å²) in [6.07, 6.45) is 3.79. The number of non-ortho nitro benzene ring substituents is 1. The summed E-state index contributed by atoms with van der Waals surface area (Å²) < 4.78 is 0. The summed E-state index contributed by atoms with van der Waals surface area (Å²) in [4.78, 5) is 25.2. The van der Waals surface area contributed by atoms with Gasteiger partial charge in [-0.15, -0.1) is 0 Å². The smallest absolute Gasteiger partial charge is 0.270 e. The molecule has 3 rings (SSSR count). The number of nitro benzene ring substituents is 1. The van der Waals surface area contributed by atoms with Crippen molar-refractivity contribution in [1.29, 1.82) is 0 Å². The van der Waals surface area contributed by atoms with E-state index in [1.807, 2.05) is 18.2 Å². The van der Waals surface area contributed by atoms with Gasteiger partial charge in [0.2, 0.25) is 0 Å². The van der Waals surface area contributed by atoms with E-state index >= 15 is 0 Å². The Hall–Kier alpha value is -2.73. The molecule has 0 atom stereocenters. The van der Waals surface area contributed by atoms with Crippen LogP contribution in [-0.4, -0.2) is 28.8 Å². The predicted molar refractivity (Wildman–Crippen MR) is 99.8 cm³/mol. The second kappa shape index (κ2) is 8.58. The first kappa shape index (κ1) is 18.1. The normalized spacial score (nSPS) is 14.8. The molecule has 1 heterocycles. The molecule has 1 saturated heterocycles. The van der Waals surface area contributed by atoms with Crippen LogP contribution in [-0.2, 0) is 13.1 Å². The number of benzene rings is 2. The van der Waals surface area contributed by atoms with Crippen LogP contribution in [0.3, 0.4) is 0 Å². The number of piperidine rings is 1. The van der Waals surface area contributed by atoms with Crippen LogP contribution >= 0.6 is 0 Å². The molecule has 6 heteroatoms. The lowest BCUT2D eigenvalue weighted by atomic mass is 10.0. The topological polar surface area (TPSA) is 75.5 Å². The second-order valence-electron chi connectivity index (χ2n) is 6.60. The molecule has 6 nitrogen and oxygen atoms in total. The number of hydrogen-bond acceptors (Lipinski definition) is 4. The molecule has 0 aliphatic carbocycles. The van der Waals surface area contributed by atoms with Crippen LogP contribution in [0, 0.1) is 10.1 Å². The summed E-state index contributed by atoms with van der Waals surface area (Å²) in [5, 5.41) is 13.7. The minimum absolute atomic E-state index is 0.0804. The quantitative estimate of drug-likeness (QED) is 0.637. The molecule has 136 valence electrons. The van der Waals surface area contributed by atoms with E-state index in [0.29, 0.717) is 12.1 Å². The maximum atomic E-state index is 12.3. The van der Waals surface area contributed by atoms with E-state index in [9.17, 15) is 14.9 Å². The Labute approximate surface area is 153 Å². The Kier molecular flexibility index (Phi) is 5.96. The van der Waals surface area contributed by atoms with Gasteiger partial charge in [-0.2, -0.15) is 0 Å². The van der Waals surface area contributed by atoms with Crippen molar-refractivity contribution in [3.05, 3.63) is 75.3 Å². The third kappa shape index (κ3) is 4.67. The van der Waals surface area contributed by atoms with Gasteiger partial charge in [0.05, 0.1) is 4.92 Å². The Morgan fingerprint density at radius 1 is 1.04 bits per heavy atom. The number of hydrogen-bond donors (Lipinski definition) is 1. The number of rotatable bonds is 6. The summed E-state index contributed by atoms with van der Waals surface area (Å²) in [6.45, 7) is 3.54. The summed E-state index contributed by atoms with van der Waals surface area (Å²) in [5.41, 5.74) is 2.52. The molecule has 0 saturated carbocycles. The second-order valence-corrected chi connectivity index (χ2v) is 6.60. The van der Waals surface area contributed by atoms with Gasteiger partial charge in [0, 0.05) is 30.8 Å². The molecular formula is C20H23N3O3. The molecule has 2 aromatic carbocycles. The number of nitrogens with one attached hydrogen (secondary N) is 1. The van der Waals surface area contributed by atoms with Crippen molar-refractivity contribution < 1.29 is 9.72 Å². The third-order valence-electron chi connectivity index (χ3n) is 4.72. The van der Waals surface area contributed by atoms with Gasteiger partial charge < -0.3 is 5.32 Å². The molecule has 1 aliphatic rings. The average molecular weight is 353 g/mol. The van der Waals surface area contributed by atoms with Crippen molar-refractivity contribution in [1.82, 2.24) is 10.2 Å². The zero-order chi connectivity index (χ0) is 18.4. The van der Waals surface area contributed by atoms with Crippen molar-refractivity contribution in [2.75, 3.05) is 13.1 Å². The summed E-state index contributed by atoms with van der Waals surface area (Å²) >= 11 is 0. The lowest BCUT2D eigenvalue weighted by Crippen LogP contribution is -2.30. The summed E-state index contributed by atoms with van der Waals surface area (Å²) in [5.74, 6) is -0.304. The average Bonchev–Trinajstić information content (AvgIpc) is 2.68.